The molecule has 1 atom stereocenters. The first-order valence-corrected chi connectivity index (χ1v) is 10.4. The van der Waals surface area contributed by atoms with Crippen LogP contribution in [0.5, 0.6) is 5.75 Å². The highest BCUT2D eigenvalue weighted by atomic mass is 16.5. The molecular weight excluding hydrogens is 422 g/mol. The van der Waals surface area contributed by atoms with Gasteiger partial charge in [0.25, 0.3) is 11.5 Å². The largest absolute Gasteiger partial charge is 0.506 e. The minimum atomic E-state index is -1.20. The third-order valence-corrected chi connectivity index (χ3v) is 5.58. The van der Waals surface area contributed by atoms with Gasteiger partial charge < -0.3 is 15.2 Å². The van der Waals surface area contributed by atoms with Crippen molar-refractivity contribution in [3.63, 3.8) is 0 Å². The van der Waals surface area contributed by atoms with Crippen LogP contribution < -0.4 is 10.9 Å². The summed E-state index contributed by atoms with van der Waals surface area (Å²) in [6, 6.07) is 19.2. The second-order valence-electron chi connectivity index (χ2n) is 7.66. The van der Waals surface area contributed by atoms with Gasteiger partial charge in [-0.15, -0.1) is 0 Å². The second kappa shape index (κ2) is 8.66. The van der Waals surface area contributed by atoms with Gasteiger partial charge in [-0.25, -0.2) is 9.48 Å². The van der Waals surface area contributed by atoms with Gasteiger partial charge in [0.2, 0.25) is 0 Å². The molecule has 8 heteroatoms. The molecule has 0 aliphatic carbocycles. The van der Waals surface area contributed by atoms with Crippen molar-refractivity contribution in [3.05, 3.63) is 88.3 Å². The van der Waals surface area contributed by atoms with Gasteiger partial charge in [0, 0.05) is 12.4 Å². The van der Waals surface area contributed by atoms with Crippen LogP contribution in [0.25, 0.3) is 16.5 Å². The van der Waals surface area contributed by atoms with Crippen molar-refractivity contribution in [3.8, 4) is 11.4 Å². The molecule has 1 heterocycles. The average molecular weight is 445 g/mol. The molecule has 0 bridgehead atoms. The van der Waals surface area contributed by atoms with Crippen molar-refractivity contribution in [1.82, 2.24) is 9.36 Å². The van der Waals surface area contributed by atoms with Gasteiger partial charge in [0.1, 0.15) is 17.0 Å². The molecule has 1 amide bonds. The zero-order valence-electron chi connectivity index (χ0n) is 18.4. The van der Waals surface area contributed by atoms with E-state index in [0.29, 0.717) is 16.8 Å². The summed E-state index contributed by atoms with van der Waals surface area (Å²) in [6.07, 6.45) is -1.20. The number of benzene rings is 3. The number of aromatic hydroxyl groups is 1. The lowest BCUT2D eigenvalue weighted by Gasteiger charge is -2.14. The summed E-state index contributed by atoms with van der Waals surface area (Å²) < 4.78 is 8.35. The van der Waals surface area contributed by atoms with E-state index in [4.69, 9.17) is 4.74 Å². The zero-order valence-corrected chi connectivity index (χ0v) is 18.4. The monoisotopic (exact) mass is 445 g/mol. The third kappa shape index (κ3) is 3.98. The Bertz CT molecular complexity index is 1420. The summed E-state index contributed by atoms with van der Waals surface area (Å²) in [7, 11) is 1.71. The predicted octanol–water partition coefficient (Wildman–Crippen LogP) is 3.53. The van der Waals surface area contributed by atoms with Crippen molar-refractivity contribution in [2.45, 2.75) is 20.0 Å². The summed E-state index contributed by atoms with van der Waals surface area (Å²) in [6.45, 7) is 3.11. The van der Waals surface area contributed by atoms with Gasteiger partial charge in [0.05, 0.1) is 11.4 Å². The number of amides is 1. The zero-order chi connectivity index (χ0) is 23.7. The molecule has 4 aromatic rings. The van der Waals surface area contributed by atoms with Crippen LogP contribution in [0, 0.1) is 6.92 Å². The van der Waals surface area contributed by atoms with E-state index < -0.39 is 23.5 Å². The summed E-state index contributed by atoms with van der Waals surface area (Å²) in [5.74, 6) is -1.71. The number of nitrogens with one attached hydrogen (secondary N) is 1. The summed E-state index contributed by atoms with van der Waals surface area (Å²) in [5.41, 5.74) is 0.849. The normalized spacial score (nSPS) is 11.8. The highest BCUT2D eigenvalue weighted by Gasteiger charge is 2.25. The minimum Gasteiger partial charge on any atom is -0.506 e. The van der Waals surface area contributed by atoms with E-state index in [-0.39, 0.29) is 17.0 Å². The molecule has 0 fully saturated rings. The number of para-hydroxylation sites is 1. The van der Waals surface area contributed by atoms with Crippen LogP contribution in [0.4, 0.5) is 5.69 Å². The van der Waals surface area contributed by atoms with E-state index >= 15 is 0 Å². The smallest absolute Gasteiger partial charge is 0.342 e. The van der Waals surface area contributed by atoms with Crippen molar-refractivity contribution in [2.75, 3.05) is 5.32 Å². The van der Waals surface area contributed by atoms with Crippen LogP contribution in [-0.4, -0.2) is 32.5 Å². The maximum atomic E-state index is 13.0. The van der Waals surface area contributed by atoms with Crippen LogP contribution in [0.3, 0.4) is 0 Å². The number of carbonyl (C=O) groups is 2. The molecule has 1 aromatic heterocycles. The van der Waals surface area contributed by atoms with Crippen molar-refractivity contribution >= 4 is 28.3 Å². The predicted molar refractivity (Wildman–Crippen MR) is 125 cm³/mol. The molecule has 2 N–H and O–H groups in total. The van der Waals surface area contributed by atoms with Crippen LogP contribution in [0.15, 0.2) is 71.5 Å². The molecule has 0 saturated carbocycles. The van der Waals surface area contributed by atoms with Crippen molar-refractivity contribution in [2.24, 2.45) is 7.05 Å². The molecule has 0 spiro atoms. The lowest BCUT2D eigenvalue weighted by molar-refractivity contribution is -0.123. The quantitative estimate of drug-likeness (QED) is 0.458. The number of fused-ring (bicyclic) bond motifs is 1. The average Bonchev–Trinajstić information content (AvgIpc) is 3.02. The molecule has 8 nitrogen and oxygen atoms in total. The van der Waals surface area contributed by atoms with E-state index in [1.165, 1.54) is 17.7 Å². The Morgan fingerprint density at radius 3 is 2.39 bits per heavy atom. The Balaban J connectivity index is 1.54. The number of hydrogen-bond donors (Lipinski definition) is 2. The minimum absolute atomic E-state index is 0.0457. The topological polar surface area (TPSA) is 103 Å². The maximum Gasteiger partial charge on any atom is 0.342 e. The number of ether oxygens (including phenoxy) is 1. The Labute approximate surface area is 189 Å². The van der Waals surface area contributed by atoms with Crippen molar-refractivity contribution in [1.29, 1.82) is 0 Å². The number of aromatic nitrogens is 2. The fourth-order valence-corrected chi connectivity index (χ4v) is 3.63. The third-order valence-electron chi connectivity index (χ3n) is 5.58. The highest BCUT2D eigenvalue weighted by molar-refractivity contribution is 6.02. The maximum absolute atomic E-state index is 13.0. The van der Waals surface area contributed by atoms with E-state index in [2.05, 4.69) is 5.32 Å². The number of esters is 1. The number of phenolic OH excluding ortho intramolecular Hbond substituents is 1. The molecule has 0 aliphatic rings. The Hall–Kier alpha value is -4.33. The number of nitrogens with zero attached hydrogens (tertiary/aromatic N) is 2. The molecule has 0 aliphatic heterocycles. The molecule has 0 saturated heterocycles. The summed E-state index contributed by atoms with van der Waals surface area (Å²) in [5, 5.41) is 14.3. The van der Waals surface area contributed by atoms with Crippen molar-refractivity contribution < 1.29 is 19.4 Å². The van der Waals surface area contributed by atoms with E-state index in [1.807, 2.05) is 30.3 Å². The first-order chi connectivity index (χ1) is 15.8. The Morgan fingerprint density at radius 1 is 1.00 bits per heavy atom. The molecule has 0 unspecified atom stereocenters. The molecule has 3 aromatic carbocycles. The number of carbonyl (C=O) groups excluding carboxylic acids is 2. The summed E-state index contributed by atoms with van der Waals surface area (Å²) in [4.78, 5) is 38.3. The molecular formula is C25H23N3O5. The van der Waals surface area contributed by atoms with Gasteiger partial charge in [-0.3, -0.25) is 14.3 Å². The van der Waals surface area contributed by atoms with E-state index in [1.54, 1.807) is 49.0 Å². The van der Waals surface area contributed by atoms with Crippen LogP contribution in [0.1, 0.15) is 23.0 Å². The second-order valence-corrected chi connectivity index (χ2v) is 7.66. The van der Waals surface area contributed by atoms with Crippen LogP contribution >= 0.6 is 0 Å². The van der Waals surface area contributed by atoms with Gasteiger partial charge in [-0.1, -0.05) is 48.5 Å². The number of hydrogen-bond acceptors (Lipinski definition) is 5. The molecule has 33 heavy (non-hydrogen) atoms. The number of anilines is 1. The fourth-order valence-electron chi connectivity index (χ4n) is 3.63. The van der Waals surface area contributed by atoms with Gasteiger partial charge in [-0.05, 0) is 37.4 Å². The van der Waals surface area contributed by atoms with Crippen LogP contribution in [0.2, 0.25) is 0 Å². The van der Waals surface area contributed by atoms with E-state index in [0.717, 1.165) is 5.39 Å². The van der Waals surface area contributed by atoms with Crippen LogP contribution in [-0.2, 0) is 16.6 Å². The molecule has 0 radical (unpaired) electrons. The first-order valence-electron chi connectivity index (χ1n) is 10.4. The first kappa shape index (κ1) is 21.9. The lowest BCUT2D eigenvalue weighted by Crippen LogP contribution is -2.32. The van der Waals surface area contributed by atoms with Gasteiger partial charge in [0.15, 0.2) is 6.10 Å². The Kier molecular flexibility index (Phi) is 5.74. The van der Waals surface area contributed by atoms with E-state index in [9.17, 15) is 19.5 Å². The molecule has 4 rings (SSSR count). The standard InChI is InChI=1S/C25H23N3O5/c1-15-21(24(31)28(27(15)3)18-10-5-4-6-11-18)26-23(30)16(2)33-25(32)20-14-13-17-9-7-8-12-19(17)22(20)29/h4-14,16,29H,1-3H3,(H,26,30)/t16-/m1/s1. The van der Waals surface area contributed by atoms with Gasteiger partial charge in [-0.2, -0.15) is 0 Å². The lowest BCUT2D eigenvalue weighted by atomic mass is 10.1. The number of rotatable bonds is 5. The summed E-state index contributed by atoms with van der Waals surface area (Å²) >= 11 is 0. The SMILES string of the molecule is Cc1c(NC(=O)[C@@H](C)OC(=O)c2ccc3ccccc3c2O)c(=O)n(-c2ccccc2)n1C. The molecule has 168 valence electrons. The highest BCUT2D eigenvalue weighted by Crippen LogP contribution is 2.29. The number of phenols is 1. The fraction of sp³-hybridized carbons (Fsp3) is 0.160. The van der Waals surface area contributed by atoms with Gasteiger partial charge >= 0.3 is 5.97 Å². The Morgan fingerprint density at radius 2 is 1.67 bits per heavy atom.